The number of hydrogen-bond donors (Lipinski definition) is 1. The maximum atomic E-state index is 6.16. The normalized spacial score (nSPS) is 10.5. The van der Waals surface area contributed by atoms with E-state index in [0.29, 0.717) is 10.0 Å². The molecule has 22 heavy (non-hydrogen) atoms. The molecule has 0 saturated heterocycles. The molecule has 2 aromatic carbocycles. The van der Waals surface area contributed by atoms with Crippen LogP contribution in [0, 0.1) is 0 Å². The predicted octanol–water partition coefficient (Wildman–Crippen LogP) is 4.34. The SMILES string of the molecule is COc1ccc(CNCCc2ccc(Cl)cc2Cl)c(OC)c1. The second-order valence-corrected chi connectivity index (χ2v) is 5.68. The lowest BCUT2D eigenvalue weighted by atomic mass is 10.1. The van der Waals surface area contributed by atoms with Gasteiger partial charge >= 0.3 is 0 Å². The molecule has 0 unspecified atom stereocenters. The molecule has 3 nitrogen and oxygen atoms in total. The highest BCUT2D eigenvalue weighted by molar-refractivity contribution is 6.35. The van der Waals surface area contributed by atoms with Gasteiger partial charge < -0.3 is 14.8 Å². The molecule has 2 rings (SSSR count). The maximum absolute atomic E-state index is 6.16. The number of halogens is 2. The molecule has 0 bridgehead atoms. The largest absolute Gasteiger partial charge is 0.497 e. The van der Waals surface area contributed by atoms with Crippen molar-refractivity contribution < 1.29 is 9.47 Å². The zero-order chi connectivity index (χ0) is 15.9. The van der Waals surface area contributed by atoms with E-state index < -0.39 is 0 Å². The van der Waals surface area contributed by atoms with Crippen LogP contribution in [0.3, 0.4) is 0 Å². The van der Waals surface area contributed by atoms with Crippen molar-refractivity contribution in [3.05, 3.63) is 57.6 Å². The molecule has 1 N–H and O–H groups in total. The minimum absolute atomic E-state index is 0.657. The smallest absolute Gasteiger partial charge is 0.127 e. The standard InChI is InChI=1S/C17H19Cl2NO2/c1-21-15-6-4-13(17(10-15)22-2)11-20-8-7-12-3-5-14(18)9-16(12)19/h3-6,9-10,20H,7-8,11H2,1-2H3. The van der Waals surface area contributed by atoms with Crippen LogP contribution in [0.1, 0.15) is 11.1 Å². The van der Waals surface area contributed by atoms with Crippen molar-refractivity contribution in [2.45, 2.75) is 13.0 Å². The Hall–Kier alpha value is -1.42. The highest BCUT2D eigenvalue weighted by Crippen LogP contribution is 2.24. The predicted molar refractivity (Wildman–Crippen MR) is 91.4 cm³/mol. The van der Waals surface area contributed by atoms with Gasteiger partial charge in [-0.05, 0) is 36.7 Å². The molecule has 0 atom stereocenters. The van der Waals surface area contributed by atoms with Gasteiger partial charge in [0.1, 0.15) is 11.5 Å². The fraction of sp³-hybridized carbons (Fsp3) is 0.294. The molecular weight excluding hydrogens is 321 g/mol. The number of hydrogen-bond acceptors (Lipinski definition) is 3. The van der Waals surface area contributed by atoms with Gasteiger partial charge in [0.25, 0.3) is 0 Å². The summed E-state index contributed by atoms with van der Waals surface area (Å²) in [5.41, 5.74) is 2.17. The lowest BCUT2D eigenvalue weighted by Gasteiger charge is -2.11. The van der Waals surface area contributed by atoms with Crippen LogP contribution < -0.4 is 14.8 Å². The number of rotatable bonds is 7. The Morgan fingerprint density at radius 2 is 1.73 bits per heavy atom. The first-order valence-electron chi connectivity index (χ1n) is 6.99. The van der Waals surface area contributed by atoms with E-state index >= 15 is 0 Å². The van der Waals surface area contributed by atoms with Gasteiger partial charge in [0.15, 0.2) is 0 Å². The van der Waals surface area contributed by atoms with E-state index in [9.17, 15) is 0 Å². The first-order chi connectivity index (χ1) is 10.6. The first kappa shape index (κ1) is 16.9. The van der Waals surface area contributed by atoms with Gasteiger partial charge in [-0.1, -0.05) is 35.3 Å². The Balaban J connectivity index is 1.88. The van der Waals surface area contributed by atoms with E-state index in [1.54, 1.807) is 20.3 Å². The summed E-state index contributed by atoms with van der Waals surface area (Å²) in [7, 11) is 3.30. The molecule has 0 spiro atoms. The Morgan fingerprint density at radius 3 is 2.41 bits per heavy atom. The number of ether oxygens (including phenoxy) is 2. The molecule has 0 aliphatic carbocycles. The lowest BCUT2D eigenvalue weighted by Crippen LogP contribution is -2.17. The van der Waals surface area contributed by atoms with E-state index in [2.05, 4.69) is 5.32 Å². The molecule has 2 aromatic rings. The van der Waals surface area contributed by atoms with Crippen LogP contribution >= 0.6 is 23.2 Å². The maximum Gasteiger partial charge on any atom is 0.127 e. The van der Waals surface area contributed by atoms with Gasteiger partial charge in [-0.25, -0.2) is 0 Å². The molecule has 0 radical (unpaired) electrons. The Kier molecular flexibility index (Phi) is 6.37. The quantitative estimate of drug-likeness (QED) is 0.761. The van der Waals surface area contributed by atoms with Crippen LogP contribution in [0.5, 0.6) is 11.5 Å². The summed E-state index contributed by atoms with van der Waals surface area (Å²) in [6.07, 6.45) is 0.842. The number of benzene rings is 2. The van der Waals surface area contributed by atoms with Gasteiger partial charge in [0.05, 0.1) is 14.2 Å². The van der Waals surface area contributed by atoms with Crippen LogP contribution in [-0.2, 0) is 13.0 Å². The minimum Gasteiger partial charge on any atom is -0.497 e. The third-order valence-corrected chi connectivity index (χ3v) is 3.98. The molecule has 0 aliphatic rings. The Morgan fingerprint density at radius 1 is 0.955 bits per heavy atom. The summed E-state index contributed by atoms with van der Waals surface area (Å²) in [4.78, 5) is 0. The van der Waals surface area contributed by atoms with Crippen molar-refractivity contribution in [1.29, 1.82) is 0 Å². The van der Waals surface area contributed by atoms with Crippen molar-refractivity contribution in [3.8, 4) is 11.5 Å². The minimum atomic E-state index is 0.657. The second kappa shape index (κ2) is 8.28. The van der Waals surface area contributed by atoms with Crippen LogP contribution in [0.4, 0.5) is 0 Å². The highest BCUT2D eigenvalue weighted by Gasteiger charge is 2.05. The summed E-state index contributed by atoms with van der Waals surface area (Å²) in [6.45, 7) is 1.54. The van der Waals surface area contributed by atoms with Crippen molar-refractivity contribution in [1.82, 2.24) is 5.32 Å². The molecule has 118 valence electrons. The van der Waals surface area contributed by atoms with Gasteiger partial charge in [-0.3, -0.25) is 0 Å². The monoisotopic (exact) mass is 339 g/mol. The van der Waals surface area contributed by atoms with Crippen molar-refractivity contribution in [3.63, 3.8) is 0 Å². The molecule has 0 fully saturated rings. The van der Waals surface area contributed by atoms with Gasteiger partial charge in [0, 0.05) is 28.2 Å². The fourth-order valence-electron chi connectivity index (χ4n) is 2.17. The Labute approximate surface area is 141 Å². The van der Waals surface area contributed by atoms with Crippen LogP contribution in [0.2, 0.25) is 10.0 Å². The summed E-state index contributed by atoms with van der Waals surface area (Å²) in [5.74, 6) is 1.60. The van der Waals surface area contributed by atoms with E-state index in [1.807, 2.05) is 30.3 Å². The summed E-state index contributed by atoms with van der Waals surface area (Å²) in [5, 5.41) is 4.75. The average molecular weight is 340 g/mol. The van der Waals surface area contributed by atoms with Crippen LogP contribution in [0.25, 0.3) is 0 Å². The summed E-state index contributed by atoms with van der Waals surface area (Å²) in [6, 6.07) is 11.4. The highest BCUT2D eigenvalue weighted by atomic mass is 35.5. The van der Waals surface area contributed by atoms with E-state index in [-0.39, 0.29) is 0 Å². The van der Waals surface area contributed by atoms with E-state index in [4.69, 9.17) is 32.7 Å². The molecule has 5 heteroatoms. The average Bonchev–Trinajstić information content (AvgIpc) is 2.53. The lowest BCUT2D eigenvalue weighted by molar-refractivity contribution is 0.390. The number of nitrogens with one attached hydrogen (secondary N) is 1. The molecular formula is C17H19Cl2NO2. The van der Waals surface area contributed by atoms with Crippen molar-refractivity contribution >= 4 is 23.2 Å². The van der Waals surface area contributed by atoms with Gasteiger partial charge in [-0.2, -0.15) is 0 Å². The van der Waals surface area contributed by atoms with Crippen LogP contribution in [0.15, 0.2) is 36.4 Å². The topological polar surface area (TPSA) is 30.5 Å². The zero-order valence-corrected chi connectivity index (χ0v) is 14.2. The van der Waals surface area contributed by atoms with Crippen molar-refractivity contribution in [2.24, 2.45) is 0 Å². The third kappa shape index (κ3) is 4.54. The van der Waals surface area contributed by atoms with E-state index in [1.165, 1.54) is 0 Å². The number of methoxy groups -OCH3 is 2. The summed E-state index contributed by atoms with van der Waals surface area (Å²) >= 11 is 12.1. The molecule has 0 heterocycles. The van der Waals surface area contributed by atoms with Crippen molar-refractivity contribution in [2.75, 3.05) is 20.8 Å². The molecule has 0 amide bonds. The second-order valence-electron chi connectivity index (χ2n) is 4.84. The van der Waals surface area contributed by atoms with E-state index in [0.717, 1.165) is 42.1 Å². The van der Waals surface area contributed by atoms with Gasteiger partial charge in [0.2, 0.25) is 0 Å². The third-order valence-electron chi connectivity index (χ3n) is 3.40. The molecule has 0 aromatic heterocycles. The zero-order valence-electron chi connectivity index (χ0n) is 12.7. The van der Waals surface area contributed by atoms with Crippen LogP contribution in [-0.4, -0.2) is 20.8 Å². The molecule has 0 saturated carbocycles. The first-order valence-corrected chi connectivity index (χ1v) is 7.75. The fourth-order valence-corrected chi connectivity index (χ4v) is 2.67. The van der Waals surface area contributed by atoms with Gasteiger partial charge in [-0.15, -0.1) is 0 Å². The summed E-state index contributed by atoms with van der Waals surface area (Å²) < 4.78 is 10.6. The Bertz CT molecular complexity index is 632. The molecule has 0 aliphatic heterocycles.